The highest BCUT2D eigenvalue weighted by Crippen LogP contribution is 2.10. The second-order valence-electron chi connectivity index (χ2n) is 4.66. The van der Waals surface area contributed by atoms with Crippen molar-refractivity contribution in [3.8, 4) is 0 Å². The molecule has 1 atom stereocenters. The number of unbranched alkanes of at least 4 members (excludes halogenated alkanes) is 3. The number of nitrogens with one attached hydrogen (secondary N) is 1. The van der Waals surface area contributed by atoms with E-state index in [0.717, 1.165) is 12.3 Å². The van der Waals surface area contributed by atoms with Gasteiger partial charge in [0.1, 0.15) is 5.76 Å². The molecule has 0 saturated carbocycles. The fraction of sp³-hybridized carbons (Fsp3) is 0.714. The third-order valence-electron chi connectivity index (χ3n) is 3.07. The van der Waals surface area contributed by atoms with E-state index in [0.29, 0.717) is 6.04 Å². The van der Waals surface area contributed by atoms with E-state index >= 15 is 0 Å². The Balaban J connectivity index is 2.10. The Bertz CT molecular complexity index is 280. The van der Waals surface area contributed by atoms with Gasteiger partial charge in [0.25, 0.3) is 0 Å². The van der Waals surface area contributed by atoms with Gasteiger partial charge < -0.3 is 9.73 Å². The first kappa shape index (κ1) is 13.3. The molecule has 1 aromatic rings. The van der Waals surface area contributed by atoms with Crippen molar-refractivity contribution in [2.24, 2.45) is 0 Å². The van der Waals surface area contributed by atoms with Gasteiger partial charge in [0.05, 0.1) is 12.8 Å². The smallest absolute Gasteiger partial charge is 0.120 e. The number of rotatable bonds is 8. The molecule has 0 radical (unpaired) electrons. The Labute approximate surface area is 99.4 Å². The maximum absolute atomic E-state index is 5.40. The van der Waals surface area contributed by atoms with Crippen LogP contribution in [0.2, 0.25) is 0 Å². The minimum absolute atomic E-state index is 0.585. The van der Waals surface area contributed by atoms with Gasteiger partial charge in [0.15, 0.2) is 0 Å². The molecule has 0 aliphatic heterocycles. The van der Waals surface area contributed by atoms with Crippen molar-refractivity contribution in [1.82, 2.24) is 5.32 Å². The summed E-state index contributed by atoms with van der Waals surface area (Å²) in [6.07, 6.45) is 8.40. The van der Waals surface area contributed by atoms with Gasteiger partial charge in [-0.3, -0.25) is 0 Å². The molecule has 1 heterocycles. The van der Waals surface area contributed by atoms with Crippen LogP contribution in [0, 0.1) is 6.92 Å². The van der Waals surface area contributed by atoms with Crippen LogP contribution in [-0.4, -0.2) is 6.04 Å². The Hall–Kier alpha value is -0.760. The molecule has 92 valence electrons. The lowest BCUT2D eigenvalue weighted by atomic mass is 10.1. The summed E-state index contributed by atoms with van der Waals surface area (Å²) in [4.78, 5) is 0. The summed E-state index contributed by atoms with van der Waals surface area (Å²) in [5.74, 6) is 1.07. The fourth-order valence-electron chi connectivity index (χ4n) is 1.83. The summed E-state index contributed by atoms with van der Waals surface area (Å²) in [6, 6.07) is 2.60. The van der Waals surface area contributed by atoms with Crippen molar-refractivity contribution in [3.63, 3.8) is 0 Å². The van der Waals surface area contributed by atoms with Crippen LogP contribution in [0.4, 0.5) is 0 Å². The minimum Gasteiger partial charge on any atom is -0.468 e. The topological polar surface area (TPSA) is 25.2 Å². The third-order valence-corrected chi connectivity index (χ3v) is 3.07. The first-order valence-corrected chi connectivity index (χ1v) is 6.50. The van der Waals surface area contributed by atoms with E-state index in [1.165, 1.54) is 37.7 Å². The highest BCUT2D eigenvalue weighted by Gasteiger charge is 2.04. The maximum atomic E-state index is 5.40. The van der Waals surface area contributed by atoms with Crippen LogP contribution in [0.15, 0.2) is 16.7 Å². The Kier molecular flexibility index (Phi) is 6.24. The lowest BCUT2D eigenvalue weighted by molar-refractivity contribution is 0.431. The van der Waals surface area contributed by atoms with Crippen molar-refractivity contribution in [2.75, 3.05) is 0 Å². The zero-order chi connectivity index (χ0) is 11.8. The first-order chi connectivity index (χ1) is 7.74. The molecule has 2 nitrogen and oxygen atoms in total. The standard InChI is InChI=1S/C14H25NO/c1-4-5-6-7-8-13(3)15-11-14-12(2)9-10-16-14/h9-10,13,15H,4-8,11H2,1-3H3. The molecule has 1 N–H and O–H groups in total. The first-order valence-electron chi connectivity index (χ1n) is 6.50. The Morgan fingerprint density at radius 2 is 2.12 bits per heavy atom. The summed E-state index contributed by atoms with van der Waals surface area (Å²) in [5.41, 5.74) is 1.24. The summed E-state index contributed by atoms with van der Waals surface area (Å²) in [7, 11) is 0. The van der Waals surface area contributed by atoms with Crippen molar-refractivity contribution >= 4 is 0 Å². The van der Waals surface area contributed by atoms with Crippen molar-refractivity contribution in [2.45, 2.75) is 65.5 Å². The van der Waals surface area contributed by atoms with Gasteiger partial charge in [0, 0.05) is 6.04 Å². The summed E-state index contributed by atoms with van der Waals surface area (Å²) in [6.45, 7) is 7.45. The number of aryl methyl sites for hydroxylation is 1. The van der Waals surface area contributed by atoms with Crippen molar-refractivity contribution < 1.29 is 4.42 Å². The number of hydrogen-bond acceptors (Lipinski definition) is 2. The minimum atomic E-state index is 0.585. The normalized spacial score (nSPS) is 12.9. The summed E-state index contributed by atoms with van der Waals surface area (Å²) >= 11 is 0. The molecule has 0 amide bonds. The van der Waals surface area contributed by atoms with Crippen LogP contribution in [0.25, 0.3) is 0 Å². The zero-order valence-electron chi connectivity index (χ0n) is 10.9. The molecular formula is C14H25NO. The van der Waals surface area contributed by atoms with E-state index in [2.05, 4.69) is 26.1 Å². The predicted octanol–water partition coefficient (Wildman–Crippen LogP) is 4.04. The molecule has 0 fully saturated rings. The van der Waals surface area contributed by atoms with E-state index in [9.17, 15) is 0 Å². The zero-order valence-corrected chi connectivity index (χ0v) is 10.9. The van der Waals surface area contributed by atoms with E-state index < -0.39 is 0 Å². The van der Waals surface area contributed by atoms with Crippen molar-refractivity contribution in [1.29, 1.82) is 0 Å². The lowest BCUT2D eigenvalue weighted by Gasteiger charge is -2.12. The average Bonchev–Trinajstić information content (AvgIpc) is 2.67. The van der Waals surface area contributed by atoms with E-state index in [1.807, 2.05) is 6.07 Å². The van der Waals surface area contributed by atoms with Gasteiger partial charge >= 0.3 is 0 Å². The number of hydrogen-bond donors (Lipinski definition) is 1. The molecule has 1 unspecified atom stereocenters. The molecule has 0 aliphatic carbocycles. The second-order valence-corrected chi connectivity index (χ2v) is 4.66. The van der Waals surface area contributed by atoms with Gasteiger partial charge in [-0.25, -0.2) is 0 Å². The highest BCUT2D eigenvalue weighted by molar-refractivity contribution is 5.14. The third kappa shape index (κ3) is 4.84. The summed E-state index contributed by atoms with van der Waals surface area (Å²) < 4.78 is 5.40. The van der Waals surface area contributed by atoms with Gasteiger partial charge in [-0.2, -0.15) is 0 Å². The molecule has 1 rings (SSSR count). The lowest BCUT2D eigenvalue weighted by Crippen LogP contribution is -2.25. The van der Waals surface area contributed by atoms with Gasteiger partial charge in [-0.05, 0) is 31.9 Å². The average molecular weight is 223 g/mol. The van der Waals surface area contributed by atoms with E-state index in [4.69, 9.17) is 4.42 Å². The van der Waals surface area contributed by atoms with E-state index in [1.54, 1.807) is 6.26 Å². The van der Waals surface area contributed by atoms with Gasteiger partial charge in [-0.1, -0.05) is 32.6 Å². The molecule has 0 aromatic carbocycles. The number of furan rings is 1. The Morgan fingerprint density at radius 1 is 1.31 bits per heavy atom. The molecule has 0 spiro atoms. The molecule has 0 aliphatic rings. The van der Waals surface area contributed by atoms with Crippen LogP contribution < -0.4 is 5.32 Å². The quantitative estimate of drug-likeness (QED) is 0.673. The molecule has 1 aromatic heterocycles. The molecule has 2 heteroatoms. The van der Waals surface area contributed by atoms with Crippen LogP contribution in [-0.2, 0) is 6.54 Å². The summed E-state index contributed by atoms with van der Waals surface area (Å²) in [5, 5.41) is 3.51. The van der Waals surface area contributed by atoms with E-state index in [-0.39, 0.29) is 0 Å². The van der Waals surface area contributed by atoms with Crippen LogP contribution in [0.1, 0.15) is 57.3 Å². The SMILES string of the molecule is CCCCCCC(C)NCc1occc1C. The molecular weight excluding hydrogens is 198 g/mol. The highest BCUT2D eigenvalue weighted by atomic mass is 16.3. The molecule has 0 saturated heterocycles. The van der Waals surface area contributed by atoms with Gasteiger partial charge in [-0.15, -0.1) is 0 Å². The fourth-order valence-corrected chi connectivity index (χ4v) is 1.83. The van der Waals surface area contributed by atoms with Crippen molar-refractivity contribution in [3.05, 3.63) is 23.7 Å². The predicted molar refractivity (Wildman–Crippen MR) is 68.5 cm³/mol. The maximum Gasteiger partial charge on any atom is 0.120 e. The van der Waals surface area contributed by atoms with Crippen LogP contribution in [0.3, 0.4) is 0 Å². The largest absolute Gasteiger partial charge is 0.468 e. The molecule has 0 bridgehead atoms. The molecule has 16 heavy (non-hydrogen) atoms. The monoisotopic (exact) mass is 223 g/mol. The van der Waals surface area contributed by atoms with Crippen LogP contribution >= 0.6 is 0 Å². The second kappa shape index (κ2) is 7.50. The van der Waals surface area contributed by atoms with Gasteiger partial charge in [0.2, 0.25) is 0 Å². The van der Waals surface area contributed by atoms with Crippen LogP contribution in [0.5, 0.6) is 0 Å². The Morgan fingerprint density at radius 3 is 2.75 bits per heavy atom.